The summed E-state index contributed by atoms with van der Waals surface area (Å²) >= 11 is 3.08. The van der Waals surface area contributed by atoms with Crippen molar-refractivity contribution in [1.82, 2.24) is 16.0 Å². The number of rotatable bonds is 7. The molecule has 0 fully saturated rings. The molecule has 0 aliphatic heterocycles. The molecule has 1 heterocycles. The first-order chi connectivity index (χ1) is 9.90. The van der Waals surface area contributed by atoms with Gasteiger partial charge in [0.05, 0.1) is 6.54 Å². The Morgan fingerprint density at radius 3 is 2.38 bits per heavy atom. The topological polar surface area (TPSA) is 100 Å². The molecule has 116 valence electrons. The van der Waals surface area contributed by atoms with Crippen LogP contribution < -0.4 is 16.0 Å². The molecular formula is C13H18BrN3O4. The normalized spacial score (nSPS) is 10.3. The number of nitrogens with one attached hydrogen (secondary N) is 3. The molecule has 0 atom stereocenters. The quantitative estimate of drug-likeness (QED) is 0.622. The molecule has 0 aliphatic carbocycles. The predicted molar refractivity (Wildman–Crippen MR) is 79.6 cm³/mol. The number of carbonyl (C=O) groups is 3. The molecule has 0 spiro atoms. The first-order valence-corrected chi connectivity index (χ1v) is 7.27. The van der Waals surface area contributed by atoms with Gasteiger partial charge in [0.1, 0.15) is 0 Å². The lowest BCUT2D eigenvalue weighted by atomic mass is 10.2. The zero-order valence-corrected chi connectivity index (χ0v) is 13.5. The minimum absolute atomic E-state index is 0.0686. The molecule has 0 radical (unpaired) electrons. The lowest BCUT2D eigenvalue weighted by molar-refractivity contribution is -0.124. The second kappa shape index (κ2) is 8.46. The summed E-state index contributed by atoms with van der Waals surface area (Å²) in [5, 5.41) is 7.68. The summed E-state index contributed by atoms with van der Waals surface area (Å²) in [7, 11) is 0. The van der Waals surface area contributed by atoms with Gasteiger partial charge in [0.2, 0.25) is 11.8 Å². The molecule has 21 heavy (non-hydrogen) atoms. The van der Waals surface area contributed by atoms with Gasteiger partial charge in [0, 0.05) is 19.0 Å². The van der Waals surface area contributed by atoms with Crippen molar-refractivity contribution in [3.63, 3.8) is 0 Å². The zero-order valence-electron chi connectivity index (χ0n) is 11.9. The number of hydrogen-bond donors (Lipinski definition) is 3. The van der Waals surface area contributed by atoms with Gasteiger partial charge in [-0.15, -0.1) is 0 Å². The molecule has 0 aromatic carbocycles. The van der Waals surface area contributed by atoms with Crippen LogP contribution in [-0.2, 0) is 9.59 Å². The van der Waals surface area contributed by atoms with Crippen LogP contribution in [0.15, 0.2) is 21.2 Å². The average molecular weight is 360 g/mol. The van der Waals surface area contributed by atoms with Crippen LogP contribution in [0.5, 0.6) is 0 Å². The Morgan fingerprint density at radius 2 is 1.81 bits per heavy atom. The van der Waals surface area contributed by atoms with Crippen LogP contribution in [0.2, 0.25) is 0 Å². The Bertz CT molecular complexity index is 513. The van der Waals surface area contributed by atoms with Crippen molar-refractivity contribution in [3.8, 4) is 0 Å². The Balaban J connectivity index is 2.17. The Hall–Kier alpha value is -1.83. The van der Waals surface area contributed by atoms with Crippen molar-refractivity contribution >= 4 is 33.7 Å². The summed E-state index contributed by atoms with van der Waals surface area (Å²) in [5.41, 5.74) is 0. The Morgan fingerprint density at radius 1 is 1.14 bits per heavy atom. The number of hydrogen-bond acceptors (Lipinski definition) is 4. The molecule has 0 bridgehead atoms. The van der Waals surface area contributed by atoms with Crippen LogP contribution in [-0.4, -0.2) is 37.4 Å². The molecule has 1 aromatic heterocycles. The summed E-state index contributed by atoms with van der Waals surface area (Å²) in [6, 6.07) is 3.09. The Kier molecular flexibility index (Phi) is 6.93. The average Bonchev–Trinajstić information content (AvgIpc) is 2.87. The maximum Gasteiger partial charge on any atom is 0.287 e. The van der Waals surface area contributed by atoms with Gasteiger partial charge in [-0.05, 0) is 28.1 Å². The van der Waals surface area contributed by atoms with Crippen molar-refractivity contribution in [1.29, 1.82) is 0 Å². The van der Waals surface area contributed by atoms with Gasteiger partial charge in [-0.25, -0.2) is 0 Å². The van der Waals surface area contributed by atoms with Gasteiger partial charge < -0.3 is 20.4 Å². The first kappa shape index (κ1) is 17.2. The fourth-order valence-corrected chi connectivity index (χ4v) is 1.64. The van der Waals surface area contributed by atoms with Crippen LogP contribution in [0, 0.1) is 5.92 Å². The van der Waals surface area contributed by atoms with Gasteiger partial charge in [-0.1, -0.05) is 13.8 Å². The molecular weight excluding hydrogens is 342 g/mol. The smallest absolute Gasteiger partial charge is 0.287 e. The number of carbonyl (C=O) groups excluding carboxylic acids is 3. The molecule has 0 saturated heterocycles. The van der Waals surface area contributed by atoms with E-state index in [1.165, 1.54) is 6.07 Å². The van der Waals surface area contributed by atoms with Gasteiger partial charge in [0.15, 0.2) is 10.4 Å². The molecule has 8 heteroatoms. The van der Waals surface area contributed by atoms with Crippen LogP contribution in [0.3, 0.4) is 0 Å². The minimum Gasteiger partial charge on any atom is -0.444 e. The van der Waals surface area contributed by atoms with Gasteiger partial charge in [-0.3, -0.25) is 14.4 Å². The lowest BCUT2D eigenvalue weighted by Crippen LogP contribution is -2.41. The molecule has 3 N–H and O–H groups in total. The van der Waals surface area contributed by atoms with E-state index in [9.17, 15) is 14.4 Å². The third kappa shape index (κ3) is 6.44. The summed E-state index contributed by atoms with van der Waals surface area (Å²) in [6.45, 7) is 4.07. The summed E-state index contributed by atoms with van der Waals surface area (Å²) < 4.78 is 5.49. The largest absolute Gasteiger partial charge is 0.444 e. The molecule has 7 nitrogen and oxygen atoms in total. The molecule has 0 unspecified atom stereocenters. The third-order valence-electron chi connectivity index (χ3n) is 2.48. The highest BCUT2D eigenvalue weighted by molar-refractivity contribution is 9.10. The Labute approximate surface area is 131 Å². The summed E-state index contributed by atoms with van der Waals surface area (Å²) in [6.07, 6.45) is 0. The summed E-state index contributed by atoms with van der Waals surface area (Å²) in [4.78, 5) is 34.3. The third-order valence-corrected chi connectivity index (χ3v) is 2.90. The van der Waals surface area contributed by atoms with Gasteiger partial charge >= 0.3 is 0 Å². The highest BCUT2D eigenvalue weighted by atomic mass is 79.9. The van der Waals surface area contributed by atoms with E-state index in [4.69, 9.17) is 4.42 Å². The van der Waals surface area contributed by atoms with E-state index in [0.29, 0.717) is 17.8 Å². The van der Waals surface area contributed by atoms with E-state index in [0.717, 1.165) is 0 Å². The van der Waals surface area contributed by atoms with Crippen molar-refractivity contribution in [2.24, 2.45) is 5.92 Å². The van der Waals surface area contributed by atoms with Crippen LogP contribution >= 0.6 is 15.9 Å². The standard InChI is InChI=1S/C13H18BrN3O4/c1-8(2)12(19)16-6-5-15-11(18)7-17-13(20)9-3-4-10(14)21-9/h3-4,8H,5-7H2,1-2H3,(H,15,18)(H,16,19)(H,17,20). The number of halogens is 1. The molecule has 0 saturated carbocycles. The van der Waals surface area contributed by atoms with Crippen molar-refractivity contribution < 1.29 is 18.8 Å². The highest BCUT2D eigenvalue weighted by Gasteiger charge is 2.11. The fraction of sp³-hybridized carbons (Fsp3) is 0.462. The SMILES string of the molecule is CC(C)C(=O)NCCNC(=O)CNC(=O)c1ccc(Br)o1. The minimum atomic E-state index is -0.469. The van der Waals surface area contributed by atoms with Crippen LogP contribution in [0.1, 0.15) is 24.4 Å². The number of amides is 3. The van der Waals surface area contributed by atoms with Crippen LogP contribution in [0.4, 0.5) is 0 Å². The van der Waals surface area contributed by atoms with Crippen LogP contribution in [0.25, 0.3) is 0 Å². The van der Waals surface area contributed by atoms with Gasteiger partial charge in [-0.2, -0.15) is 0 Å². The second-order valence-corrected chi connectivity index (χ2v) is 5.36. The van der Waals surface area contributed by atoms with E-state index in [-0.39, 0.29) is 30.0 Å². The number of furan rings is 1. The predicted octanol–water partition coefficient (Wildman–Crippen LogP) is 0.660. The second-order valence-electron chi connectivity index (χ2n) is 4.58. The zero-order chi connectivity index (χ0) is 15.8. The first-order valence-electron chi connectivity index (χ1n) is 6.48. The van der Waals surface area contributed by atoms with E-state index in [2.05, 4.69) is 31.9 Å². The molecule has 0 aliphatic rings. The van der Waals surface area contributed by atoms with E-state index < -0.39 is 5.91 Å². The van der Waals surface area contributed by atoms with Crippen molar-refractivity contribution in [2.45, 2.75) is 13.8 Å². The lowest BCUT2D eigenvalue weighted by Gasteiger charge is -2.09. The van der Waals surface area contributed by atoms with E-state index >= 15 is 0 Å². The van der Waals surface area contributed by atoms with E-state index in [1.54, 1.807) is 19.9 Å². The molecule has 1 rings (SSSR count). The highest BCUT2D eigenvalue weighted by Crippen LogP contribution is 2.13. The molecule has 1 aromatic rings. The van der Waals surface area contributed by atoms with Crippen molar-refractivity contribution in [3.05, 3.63) is 22.6 Å². The maximum atomic E-state index is 11.6. The molecule has 3 amide bonds. The van der Waals surface area contributed by atoms with E-state index in [1.807, 2.05) is 0 Å². The van der Waals surface area contributed by atoms with Crippen molar-refractivity contribution in [2.75, 3.05) is 19.6 Å². The monoisotopic (exact) mass is 359 g/mol. The fourth-order valence-electron chi connectivity index (χ4n) is 1.34. The van der Waals surface area contributed by atoms with Gasteiger partial charge in [0.25, 0.3) is 5.91 Å². The maximum absolute atomic E-state index is 11.6. The summed E-state index contributed by atoms with van der Waals surface area (Å²) in [5.74, 6) is -0.843.